The van der Waals surface area contributed by atoms with Gasteiger partial charge in [-0.2, -0.15) is 0 Å². The topological polar surface area (TPSA) is 48.5 Å². The van der Waals surface area contributed by atoms with Gasteiger partial charge in [-0.3, -0.25) is 4.98 Å². The van der Waals surface area contributed by atoms with Gasteiger partial charge in [-0.1, -0.05) is 42.3 Å². The van der Waals surface area contributed by atoms with Crippen LogP contribution in [0.3, 0.4) is 0 Å². The number of hydrogen-bond donors (Lipinski definition) is 1. The summed E-state index contributed by atoms with van der Waals surface area (Å²) in [6, 6.07) is 7.84. The number of rotatable bonds is 3. The number of nitrogens with one attached hydrogen (secondary N) is 1. The molecule has 7 heteroatoms. The maximum Gasteiger partial charge on any atom is 0.321 e. The van der Waals surface area contributed by atoms with Crippen LogP contribution < -0.4 is 10.2 Å². The normalized spacial score (nSPS) is 14.5. The number of pyridine rings is 1. The number of benzene rings is 1. The van der Waals surface area contributed by atoms with Crippen LogP contribution >= 0.6 is 23.2 Å². The van der Waals surface area contributed by atoms with Gasteiger partial charge in [0.25, 0.3) is 0 Å². The average Bonchev–Trinajstić information content (AvgIpc) is 2.63. The number of piperazine rings is 1. The molecule has 25 heavy (non-hydrogen) atoms. The number of aryl methyl sites for hydroxylation is 1. The van der Waals surface area contributed by atoms with Gasteiger partial charge in [0.2, 0.25) is 0 Å². The van der Waals surface area contributed by atoms with Crippen LogP contribution in [0.2, 0.25) is 10.0 Å². The Balaban J connectivity index is 1.59. The van der Waals surface area contributed by atoms with Crippen LogP contribution in [0.15, 0.2) is 36.7 Å². The molecule has 3 rings (SSSR count). The quantitative estimate of drug-likeness (QED) is 0.865. The van der Waals surface area contributed by atoms with Crippen molar-refractivity contribution in [3.05, 3.63) is 52.3 Å². The number of urea groups is 1. The molecule has 1 aliphatic heterocycles. The third kappa shape index (κ3) is 4.17. The van der Waals surface area contributed by atoms with Crippen molar-refractivity contribution in [3.8, 4) is 0 Å². The van der Waals surface area contributed by atoms with Crippen LogP contribution in [-0.4, -0.2) is 42.1 Å². The Labute approximate surface area is 157 Å². The van der Waals surface area contributed by atoms with Crippen LogP contribution in [0.1, 0.15) is 12.5 Å². The van der Waals surface area contributed by atoms with Gasteiger partial charge in [-0.25, -0.2) is 4.79 Å². The predicted octanol–water partition coefficient (Wildman–Crippen LogP) is 4.30. The summed E-state index contributed by atoms with van der Waals surface area (Å²) in [6.07, 6.45) is 4.15. The van der Waals surface area contributed by atoms with Gasteiger partial charge < -0.3 is 15.1 Å². The monoisotopic (exact) mass is 378 g/mol. The van der Waals surface area contributed by atoms with Crippen LogP contribution in [0, 0.1) is 0 Å². The van der Waals surface area contributed by atoms with Crippen molar-refractivity contribution in [1.29, 1.82) is 0 Å². The Hall–Kier alpha value is -1.98. The highest BCUT2D eigenvalue weighted by molar-refractivity contribution is 6.38. The van der Waals surface area contributed by atoms with Crippen LogP contribution in [0.5, 0.6) is 0 Å². The number of anilines is 2. The molecule has 1 aromatic heterocycles. The molecule has 0 radical (unpaired) electrons. The number of hydrogen-bond acceptors (Lipinski definition) is 3. The third-order valence-corrected chi connectivity index (χ3v) is 4.88. The van der Waals surface area contributed by atoms with Gasteiger partial charge in [0.15, 0.2) is 0 Å². The summed E-state index contributed by atoms with van der Waals surface area (Å²) in [6.45, 7) is 4.66. The summed E-state index contributed by atoms with van der Waals surface area (Å²) in [5.41, 5.74) is 2.84. The van der Waals surface area contributed by atoms with E-state index < -0.39 is 0 Å². The molecule has 0 bridgehead atoms. The Bertz CT molecular complexity index is 723. The molecule has 1 saturated heterocycles. The minimum absolute atomic E-state index is 0.0872. The Morgan fingerprint density at radius 3 is 2.24 bits per heavy atom. The second-order valence-electron chi connectivity index (χ2n) is 5.91. The highest BCUT2D eigenvalue weighted by Crippen LogP contribution is 2.33. The van der Waals surface area contributed by atoms with Crippen LogP contribution in [0.25, 0.3) is 0 Å². The summed E-state index contributed by atoms with van der Waals surface area (Å²) in [5, 5.41) is 4.00. The number of amides is 2. The Morgan fingerprint density at radius 2 is 1.68 bits per heavy atom. The van der Waals surface area contributed by atoms with Crippen molar-refractivity contribution in [1.82, 2.24) is 9.88 Å². The number of nitrogens with zero attached hydrogens (tertiary/aromatic N) is 3. The lowest BCUT2D eigenvalue weighted by Crippen LogP contribution is -2.50. The molecule has 1 aliphatic rings. The van der Waals surface area contributed by atoms with Crippen LogP contribution in [0.4, 0.5) is 16.2 Å². The van der Waals surface area contributed by atoms with Crippen molar-refractivity contribution >= 4 is 40.6 Å². The van der Waals surface area contributed by atoms with E-state index in [1.54, 1.807) is 17.3 Å². The number of aromatic nitrogens is 1. The van der Waals surface area contributed by atoms with Gasteiger partial charge in [0, 0.05) is 44.3 Å². The molecule has 2 heterocycles. The molecule has 0 spiro atoms. The molecule has 0 saturated carbocycles. The van der Waals surface area contributed by atoms with Gasteiger partial charge >= 0.3 is 6.03 Å². The molecule has 2 amide bonds. The molecule has 1 N–H and O–H groups in total. The summed E-state index contributed by atoms with van der Waals surface area (Å²) < 4.78 is 0. The molecule has 0 aliphatic carbocycles. The Kier molecular flexibility index (Phi) is 5.66. The maximum atomic E-state index is 12.4. The first-order chi connectivity index (χ1) is 12.1. The molecular weight excluding hydrogens is 359 g/mol. The molecular formula is C18H20Cl2N4O. The van der Waals surface area contributed by atoms with E-state index in [0.29, 0.717) is 36.2 Å². The standard InChI is InChI=1S/C18H20Cl2N4O/c1-2-13-3-5-14(6-4-13)22-18(25)24-9-7-23(8-10-24)17-15(19)11-21-12-16(17)20/h3-6,11-12H,2,7-10H2,1H3,(H,22,25). The van der Waals surface area contributed by atoms with E-state index in [-0.39, 0.29) is 6.03 Å². The zero-order valence-electron chi connectivity index (χ0n) is 14.0. The summed E-state index contributed by atoms with van der Waals surface area (Å²) in [7, 11) is 0. The fraction of sp³-hybridized carbons (Fsp3) is 0.333. The lowest BCUT2D eigenvalue weighted by Gasteiger charge is -2.36. The average molecular weight is 379 g/mol. The van der Waals surface area contributed by atoms with Gasteiger partial charge in [-0.05, 0) is 24.1 Å². The second-order valence-corrected chi connectivity index (χ2v) is 6.72. The maximum absolute atomic E-state index is 12.4. The fourth-order valence-corrected chi connectivity index (χ4v) is 3.47. The van der Waals surface area contributed by atoms with Crippen molar-refractivity contribution in [2.24, 2.45) is 0 Å². The molecule has 132 valence electrons. The molecule has 0 atom stereocenters. The Morgan fingerprint density at radius 1 is 1.08 bits per heavy atom. The van der Waals surface area contributed by atoms with Crippen molar-refractivity contribution in [2.45, 2.75) is 13.3 Å². The van der Waals surface area contributed by atoms with E-state index in [1.807, 2.05) is 24.3 Å². The van der Waals surface area contributed by atoms with E-state index in [9.17, 15) is 4.79 Å². The second kappa shape index (κ2) is 7.93. The molecule has 1 fully saturated rings. The summed E-state index contributed by atoms with van der Waals surface area (Å²) in [4.78, 5) is 20.3. The smallest absolute Gasteiger partial charge is 0.321 e. The largest absolute Gasteiger partial charge is 0.365 e. The minimum atomic E-state index is -0.0872. The summed E-state index contributed by atoms with van der Waals surface area (Å²) in [5.74, 6) is 0. The first-order valence-electron chi connectivity index (χ1n) is 8.27. The fourth-order valence-electron chi connectivity index (χ4n) is 2.87. The van der Waals surface area contributed by atoms with E-state index in [2.05, 4.69) is 22.1 Å². The minimum Gasteiger partial charge on any atom is -0.365 e. The first-order valence-corrected chi connectivity index (χ1v) is 9.03. The number of carbonyl (C=O) groups is 1. The van der Waals surface area contributed by atoms with Crippen molar-refractivity contribution in [2.75, 3.05) is 36.4 Å². The van der Waals surface area contributed by atoms with Crippen molar-refractivity contribution < 1.29 is 4.79 Å². The van der Waals surface area contributed by atoms with Gasteiger partial charge in [-0.15, -0.1) is 0 Å². The van der Waals surface area contributed by atoms with Crippen LogP contribution in [-0.2, 0) is 6.42 Å². The lowest BCUT2D eigenvalue weighted by molar-refractivity contribution is 0.208. The lowest BCUT2D eigenvalue weighted by atomic mass is 10.1. The molecule has 1 aromatic carbocycles. The third-order valence-electron chi connectivity index (χ3n) is 4.32. The summed E-state index contributed by atoms with van der Waals surface area (Å²) >= 11 is 12.4. The highest BCUT2D eigenvalue weighted by Gasteiger charge is 2.24. The molecule has 2 aromatic rings. The van der Waals surface area contributed by atoms with Gasteiger partial charge in [0.1, 0.15) is 0 Å². The number of halogens is 2. The zero-order valence-corrected chi connectivity index (χ0v) is 15.5. The van der Waals surface area contributed by atoms with E-state index in [4.69, 9.17) is 23.2 Å². The van der Waals surface area contributed by atoms with E-state index >= 15 is 0 Å². The first kappa shape index (κ1) is 17.8. The van der Waals surface area contributed by atoms with E-state index in [0.717, 1.165) is 17.8 Å². The van der Waals surface area contributed by atoms with E-state index in [1.165, 1.54) is 5.56 Å². The van der Waals surface area contributed by atoms with Gasteiger partial charge in [0.05, 0.1) is 15.7 Å². The number of carbonyl (C=O) groups excluding carboxylic acids is 1. The molecule has 5 nitrogen and oxygen atoms in total. The zero-order chi connectivity index (χ0) is 17.8. The predicted molar refractivity (Wildman–Crippen MR) is 103 cm³/mol. The van der Waals surface area contributed by atoms with Crippen molar-refractivity contribution in [3.63, 3.8) is 0 Å². The SMILES string of the molecule is CCc1ccc(NC(=O)N2CCN(c3c(Cl)cncc3Cl)CC2)cc1. The molecule has 0 unspecified atom stereocenters. The highest BCUT2D eigenvalue weighted by atomic mass is 35.5.